The Morgan fingerprint density at radius 1 is 1.30 bits per heavy atom. The predicted molar refractivity (Wildman–Crippen MR) is 88.9 cm³/mol. The van der Waals surface area contributed by atoms with Crippen molar-refractivity contribution < 1.29 is 4.74 Å². The molecule has 1 aromatic carbocycles. The van der Waals surface area contributed by atoms with Crippen molar-refractivity contribution in [2.75, 3.05) is 7.11 Å². The Hall–Kier alpha value is -2.40. The summed E-state index contributed by atoms with van der Waals surface area (Å²) in [7, 11) is 1.56. The molecule has 23 heavy (non-hydrogen) atoms. The van der Waals surface area contributed by atoms with Gasteiger partial charge in [0.15, 0.2) is 0 Å². The number of nitrogens with zero attached hydrogens (tertiary/aromatic N) is 3. The monoisotopic (exact) mass is 328 g/mol. The number of halogens is 1. The van der Waals surface area contributed by atoms with E-state index in [2.05, 4.69) is 32.9 Å². The van der Waals surface area contributed by atoms with Crippen LogP contribution in [-0.4, -0.2) is 27.0 Å². The second-order valence-electron chi connectivity index (χ2n) is 5.27. The molecule has 0 saturated carbocycles. The van der Waals surface area contributed by atoms with Gasteiger partial charge >= 0.3 is 6.01 Å². The summed E-state index contributed by atoms with van der Waals surface area (Å²) in [5.74, 6) is 0.0332. The van der Waals surface area contributed by atoms with Crippen LogP contribution in [0.3, 0.4) is 0 Å². The van der Waals surface area contributed by atoms with Crippen molar-refractivity contribution in [2.45, 2.75) is 19.3 Å². The number of hydrogen-bond acceptors (Lipinski definition) is 4. The number of nitrogens with one attached hydrogen (secondary N) is 1. The summed E-state index contributed by atoms with van der Waals surface area (Å²) in [6.45, 7) is 2.06. The van der Waals surface area contributed by atoms with E-state index in [4.69, 9.17) is 16.3 Å². The lowest BCUT2D eigenvalue weighted by Gasteiger charge is -2.19. The SMILES string of the molecule is COc1nccc(CC(c2cnc[nH]2)c2c(C)cccc2Cl)n1. The van der Waals surface area contributed by atoms with Crippen molar-refractivity contribution in [3.63, 3.8) is 0 Å². The molecule has 0 spiro atoms. The maximum absolute atomic E-state index is 6.47. The first kappa shape index (κ1) is 15.5. The maximum Gasteiger partial charge on any atom is 0.316 e. The summed E-state index contributed by atoms with van der Waals surface area (Å²) in [6, 6.07) is 8.18. The van der Waals surface area contributed by atoms with Crippen molar-refractivity contribution in [2.24, 2.45) is 0 Å². The molecule has 1 atom stereocenters. The van der Waals surface area contributed by atoms with Gasteiger partial charge < -0.3 is 9.72 Å². The quantitative estimate of drug-likeness (QED) is 0.778. The number of H-pyrrole nitrogens is 1. The third-order valence-corrected chi connectivity index (χ3v) is 4.13. The lowest BCUT2D eigenvalue weighted by atomic mass is 9.88. The van der Waals surface area contributed by atoms with E-state index in [1.165, 1.54) is 0 Å². The van der Waals surface area contributed by atoms with Crippen LogP contribution in [0.25, 0.3) is 0 Å². The Kier molecular flexibility index (Phi) is 4.57. The zero-order valence-corrected chi connectivity index (χ0v) is 13.7. The van der Waals surface area contributed by atoms with Crippen molar-refractivity contribution in [3.05, 3.63) is 70.5 Å². The van der Waals surface area contributed by atoms with Crippen LogP contribution in [0.15, 0.2) is 43.0 Å². The Morgan fingerprint density at radius 2 is 2.17 bits per heavy atom. The summed E-state index contributed by atoms with van der Waals surface area (Å²) in [4.78, 5) is 15.8. The van der Waals surface area contributed by atoms with Crippen LogP contribution in [0.5, 0.6) is 6.01 Å². The molecule has 118 valence electrons. The average molecular weight is 329 g/mol. The van der Waals surface area contributed by atoms with Crippen molar-refractivity contribution in [1.82, 2.24) is 19.9 Å². The first-order valence-corrected chi connectivity index (χ1v) is 7.66. The standard InChI is InChI=1S/C17H17ClN4O/c1-11-4-3-5-14(18)16(11)13(15-9-19-10-21-15)8-12-6-7-20-17(22-12)23-2/h3-7,9-10,13H,8H2,1-2H3,(H,19,21). The molecule has 2 aromatic heterocycles. The smallest absolute Gasteiger partial charge is 0.316 e. The van der Waals surface area contributed by atoms with Crippen LogP contribution in [0, 0.1) is 6.92 Å². The van der Waals surface area contributed by atoms with Crippen LogP contribution < -0.4 is 4.74 Å². The van der Waals surface area contributed by atoms with Gasteiger partial charge in [-0.15, -0.1) is 0 Å². The van der Waals surface area contributed by atoms with Crippen LogP contribution in [0.2, 0.25) is 5.02 Å². The normalized spacial score (nSPS) is 12.1. The van der Waals surface area contributed by atoms with Crippen molar-refractivity contribution in [3.8, 4) is 6.01 Å². The number of aromatic amines is 1. The van der Waals surface area contributed by atoms with Crippen LogP contribution in [0.1, 0.15) is 28.4 Å². The molecule has 0 radical (unpaired) electrons. The molecule has 1 unspecified atom stereocenters. The van der Waals surface area contributed by atoms with Gasteiger partial charge in [-0.25, -0.2) is 15.0 Å². The molecule has 1 N–H and O–H groups in total. The summed E-state index contributed by atoms with van der Waals surface area (Å²) in [6.07, 6.45) is 5.87. The molecule has 2 heterocycles. The zero-order chi connectivity index (χ0) is 16.2. The highest BCUT2D eigenvalue weighted by Crippen LogP contribution is 2.34. The fraction of sp³-hybridized carbons (Fsp3) is 0.235. The highest BCUT2D eigenvalue weighted by molar-refractivity contribution is 6.31. The molecular weight excluding hydrogens is 312 g/mol. The highest BCUT2D eigenvalue weighted by Gasteiger charge is 2.21. The van der Waals surface area contributed by atoms with Gasteiger partial charge in [-0.1, -0.05) is 23.7 Å². The molecule has 5 nitrogen and oxygen atoms in total. The van der Waals surface area contributed by atoms with Crippen molar-refractivity contribution in [1.29, 1.82) is 0 Å². The Bertz CT molecular complexity index is 769. The second kappa shape index (κ2) is 6.79. The molecular formula is C17H17ClN4O. The van der Waals surface area contributed by atoms with Gasteiger partial charge in [0.05, 0.1) is 13.4 Å². The van der Waals surface area contributed by atoms with E-state index < -0.39 is 0 Å². The van der Waals surface area contributed by atoms with E-state index in [1.54, 1.807) is 19.6 Å². The summed E-state index contributed by atoms with van der Waals surface area (Å²) >= 11 is 6.47. The first-order valence-electron chi connectivity index (χ1n) is 7.28. The molecule has 0 aliphatic rings. The predicted octanol–water partition coefficient (Wildman–Crippen LogP) is 3.54. The lowest BCUT2D eigenvalue weighted by molar-refractivity contribution is 0.377. The number of ether oxygens (including phenoxy) is 1. The molecule has 0 aliphatic carbocycles. The fourth-order valence-electron chi connectivity index (χ4n) is 2.71. The Balaban J connectivity index is 2.03. The van der Waals surface area contributed by atoms with Gasteiger partial charge in [-0.3, -0.25) is 0 Å². The largest absolute Gasteiger partial charge is 0.467 e. The van der Waals surface area contributed by atoms with Crippen LogP contribution in [-0.2, 0) is 6.42 Å². The summed E-state index contributed by atoms with van der Waals surface area (Å²) in [5.41, 5.74) is 4.10. The van der Waals surface area contributed by atoms with Crippen LogP contribution in [0.4, 0.5) is 0 Å². The average Bonchev–Trinajstić information content (AvgIpc) is 3.08. The van der Waals surface area contributed by atoms with Gasteiger partial charge in [-0.05, 0) is 30.2 Å². The number of aryl methyl sites for hydroxylation is 1. The minimum atomic E-state index is 0.0332. The number of methoxy groups -OCH3 is 1. The lowest BCUT2D eigenvalue weighted by Crippen LogP contribution is -2.10. The number of imidazole rings is 1. The number of rotatable bonds is 5. The van der Waals surface area contributed by atoms with E-state index in [9.17, 15) is 0 Å². The first-order chi connectivity index (χ1) is 11.2. The number of hydrogen-bond donors (Lipinski definition) is 1. The third kappa shape index (κ3) is 3.35. The number of aromatic nitrogens is 4. The Morgan fingerprint density at radius 3 is 2.87 bits per heavy atom. The highest BCUT2D eigenvalue weighted by atomic mass is 35.5. The topological polar surface area (TPSA) is 63.7 Å². The molecule has 0 amide bonds. The zero-order valence-electron chi connectivity index (χ0n) is 13.0. The molecule has 0 bridgehead atoms. The molecule has 6 heteroatoms. The van der Waals surface area contributed by atoms with E-state index in [0.717, 1.165) is 27.5 Å². The summed E-state index contributed by atoms with van der Waals surface area (Å²) < 4.78 is 5.11. The molecule has 0 fully saturated rings. The van der Waals surface area contributed by atoms with E-state index in [-0.39, 0.29) is 5.92 Å². The minimum Gasteiger partial charge on any atom is -0.467 e. The third-order valence-electron chi connectivity index (χ3n) is 3.80. The van der Waals surface area contributed by atoms with Gasteiger partial charge in [-0.2, -0.15) is 0 Å². The van der Waals surface area contributed by atoms with Gasteiger partial charge in [0.1, 0.15) is 0 Å². The van der Waals surface area contributed by atoms with E-state index in [0.29, 0.717) is 12.4 Å². The molecule has 3 aromatic rings. The van der Waals surface area contributed by atoms with Crippen LogP contribution >= 0.6 is 11.6 Å². The fourth-order valence-corrected chi connectivity index (χ4v) is 3.06. The van der Waals surface area contributed by atoms with Gasteiger partial charge in [0, 0.05) is 41.1 Å². The molecule has 0 saturated heterocycles. The van der Waals surface area contributed by atoms with E-state index in [1.807, 2.05) is 24.4 Å². The number of benzene rings is 1. The minimum absolute atomic E-state index is 0.0332. The molecule has 0 aliphatic heterocycles. The van der Waals surface area contributed by atoms with Crippen molar-refractivity contribution >= 4 is 11.6 Å². The van der Waals surface area contributed by atoms with Gasteiger partial charge in [0.2, 0.25) is 0 Å². The van der Waals surface area contributed by atoms with E-state index >= 15 is 0 Å². The van der Waals surface area contributed by atoms with Gasteiger partial charge in [0.25, 0.3) is 0 Å². The summed E-state index contributed by atoms with van der Waals surface area (Å²) in [5, 5.41) is 0.741. The molecule has 3 rings (SSSR count). The maximum atomic E-state index is 6.47. The Labute approximate surface area is 139 Å². The second-order valence-corrected chi connectivity index (χ2v) is 5.68.